The van der Waals surface area contributed by atoms with Crippen LogP contribution in [0, 0.1) is 16.7 Å². The van der Waals surface area contributed by atoms with Crippen LogP contribution in [-0.2, 0) is 18.9 Å². The van der Waals surface area contributed by atoms with Gasteiger partial charge in [-0.1, -0.05) is 0 Å². The van der Waals surface area contributed by atoms with Crippen LogP contribution < -0.4 is 0 Å². The molecule has 1 fully saturated rings. The van der Waals surface area contributed by atoms with Gasteiger partial charge < -0.3 is 18.9 Å². The molecule has 1 saturated heterocycles. The van der Waals surface area contributed by atoms with Crippen molar-refractivity contribution in [2.45, 2.75) is 19.3 Å². The molecule has 1 aliphatic rings. The minimum absolute atomic E-state index is 0.241. The normalized spacial score (nSPS) is 18.4. The van der Waals surface area contributed by atoms with Gasteiger partial charge in [-0.3, -0.25) is 0 Å². The first-order chi connectivity index (χ1) is 8.83. The molecule has 1 aliphatic heterocycles. The molecule has 0 radical (unpaired) electrons. The van der Waals surface area contributed by atoms with Crippen molar-refractivity contribution in [3.63, 3.8) is 0 Å². The molecule has 104 valence electrons. The molecule has 18 heavy (non-hydrogen) atoms. The van der Waals surface area contributed by atoms with Crippen LogP contribution in [-0.4, -0.2) is 53.4 Å². The van der Waals surface area contributed by atoms with Crippen molar-refractivity contribution in [1.29, 1.82) is 5.26 Å². The predicted octanol–water partition coefficient (Wildman–Crippen LogP) is 1.38. The highest BCUT2D eigenvalue weighted by Crippen LogP contribution is 2.33. The monoisotopic (exact) mass is 257 g/mol. The van der Waals surface area contributed by atoms with E-state index in [0.717, 1.165) is 19.3 Å². The predicted molar refractivity (Wildman–Crippen MR) is 66.2 cm³/mol. The molecule has 5 nitrogen and oxygen atoms in total. The molecule has 0 atom stereocenters. The van der Waals surface area contributed by atoms with Crippen LogP contribution in [0.15, 0.2) is 0 Å². The molecule has 0 bridgehead atoms. The number of hydrogen-bond donors (Lipinski definition) is 0. The fourth-order valence-electron chi connectivity index (χ4n) is 1.91. The van der Waals surface area contributed by atoms with Gasteiger partial charge in [-0.2, -0.15) is 5.26 Å². The molecular weight excluding hydrogens is 234 g/mol. The van der Waals surface area contributed by atoms with E-state index < -0.39 is 0 Å². The Morgan fingerprint density at radius 1 is 1.06 bits per heavy atom. The summed E-state index contributed by atoms with van der Waals surface area (Å²) in [6, 6.07) is 2.43. The maximum atomic E-state index is 9.24. The number of ether oxygens (including phenoxy) is 4. The summed E-state index contributed by atoms with van der Waals surface area (Å²) in [5.74, 6) is 0. The summed E-state index contributed by atoms with van der Waals surface area (Å²) in [4.78, 5) is 0. The lowest BCUT2D eigenvalue weighted by Crippen LogP contribution is -2.29. The maximum absolute atomic E-state index is 9.24. The van der Waals surface area contributed by atoms with Crippen molar-refractivity contribution in [3.8, 4) is 6.07 Å². The second-order valence-electron chi connectivity index (χ2n) is 4.47. The highest BCUT2D eigenvalue weighted by atomic mass is 16.5. The summed E-state index contributed by atoms with van der Waals surface area (Å²) < 4.78 is 20.9. The zero-order chi connectivity index (χ0) is 13.1. The van der Waals surface area contributed by atoms with Crippen LogP contribution in [0.2, 0.25) is 0 Å². The van der Waals surface area contributed by atoms with Crippen LogP contribution in [0.4, 0.5) is 0 Å². The van der Waals surface area contributed by atoms with Gasteiger partial charge in [0.05, 0.1) is 37.9 Å². The third kappa shape index (κ3) is 5.78. The highest BCUT2D eigenvalue weighted by molar-refractivity contribution is 4.99. The van der Waals surface area contributed by atoms with Crippen molar-refractivity contribution in [3.05, 3.63) is 0 Å². The largest absolute Gasteiger partial charge is 0.382 e. The molecule has 0 aromatic heterocycles. The Balaban J connectivity index is 2.01. The SMILES string of the molecule is COCCOCCOCCC1(C#N)CCOCC1. The molecule has 0 N–H and O–H groups in total. The molecule has 1 rings (SSSR count). The fraction of sp³-hybridized carbons (Fsp3) is 0.923. The molecule has 0 aromatic carbocycles. The quantitative estimate of drug-likeness (QED) is 0.584. The zero-order valence-corrected chi connectivity index (χ0v) is 11.2. The van der Waals surface area contributed by atoms with Crippen molar-refractivity contribution >= 4 is 0 Å². The number of hydrogen-bond acceptors (Lipinski definition) is 5. The average molecular weight is 257 g/mol. The summed E-state index contributed by atoms with van der Waals surface area (Å²) in [6.07, 6.45) is 2.42. The maximum Gasteiger partial charge on any atom is 0.0701 e. The summed E-state index contributed by atoms with van der Waals surface area (Å²) in [6.45, 7) is 4.34. The molecule has 1 heterocycles. The van der Waals surface area contributed by atoms with Gasteiger partial charge in [-0.15, -0.1) is 0 Å². The lowest BCUT2D eigenvalue weighted by atomic mass is 9.79. The van der Waals surface area contributed by atoms with Gasteiger partial charge in [0, 0.05) is 26.9 Å². The lowest BCUT2D eigenvalue weighted by Gasteiger charge is -2.30. The van der Waals surface area contributed by atoms with Crippen molar-refractivity contribution in [2.24, 2.45) is 5.41 Å². The van der Waals surface area contributed by atoms with E-state index >= 15 is 0 Å². The van der Waals surface area contributed by atoms with Crippen LogP contribution >= 0.6 is 0 Å². The van der Waals surface area contributed by atoms with Crippen LogP contribution in [0.1, 0.15) is 19.3 Å². The van der Waals surface area contributed by atoms with Gasteiger partial charge in [-0.25, -0.2) is 0 Å². The van der Waals surface area contributed by atoms with Crippen molar-refractivity contribution in [2.75, 3.05) is 53.4 Å². The molecule has 0 unspecified atom stereocenters. The summed E-state index contributed by atoms with van der Waals surface area (Å²) >= 11 is 0. The zero-order valence-electron chi connectivity index (χ0n) is 11.2. The van der Waals surface area contributed by atoms with Crippen LogP contribution in [0.5, 0.6) is 0 Å². The van der Waals surface area contributed by atoms with E-state index in [9.17, 15) is 5.26 Å². The van der Waals surface area contributed by atoms with Gasteiger partial charge in [0.2, 0.25) is 0 Å². The van der Waals surface area contributed by atoms with Gasteiger partial charge in [0.15, 0.2) is 0 Å². The van der Waals surface area contributed by atoms with E-state index in [1.807, 2.05) is 0 Å². The first kappa shape index (κ1) is 15.4. The molecule has 0 aliphatic carbocycles. The smallest absolute Gasteiger partial charge is 0.0701 e. The highest BCUT2D eigenvalue weighted by Gasteiger charge is 2.32. The first-order valence-corrected chi connectivity index (χ1v) is 6.46. The minimum atomic E-state index is -0.241. The van der Waals surface area contributed by atoms with Crippen molar-refractivity contribution in [1.82, 2.24) is 0 Å². The third-order valence-electron chi connectivity index (χ3n) is 3.22. The standard InChI is InChI=1S/C13H23NO4/c1-15-8-9-18-11-10-17-7-4-13(12-14)2-5-16-6-3-13/h2-11H2,1H3. The Kier molecular flexibility index (Phi) is 7.94. The summed E-state index contributed by atoms with van der Waals surface area (Å²) in [5, 5.41) is 9.24. The molecule has 0 saturated carbocycles. The lowest BCUT2D eigenvalue weighted by molar-refractivity contribution is 0.00106. The minimum Gasteiger partial charge on any atom is -0.382 e. The Labute approximate surface area is 109 Å². The second kappa shape index (κ2) is 9.29. The summed E-state index contributed by atoms with van der Waals surface area (Å²) in [7, 11) is 1.65. The number of rotatable bonds is 9. The Hall–Kier alpha value is -0.670. The third-order valence-corrected chi connectivity index (χ3v) is 3.22. The van der Waals surface area contributed by atoms with E-state index in [-0.39, 0.29) is 5.41 Å². The molecule has 0 aromatic rings. The van der Waals surface area contributed by atoms with Gasteiger partial charge >= 0.3 is 0 Å². The first-order valence-electron chi connectivity index (χ1n) is 6.46. The van der Waals surface area contributed by atoms with E-state index in [2.05, 4.69) is 6.07 Å². The molecular formula is C13H23NO4. The van der Waals surface area contributed by atoms with Gasteiger partial charge in [0.1, 0.15) is 0 Å². The van der Waals surface area contributed by atoms with Gasteiger partial charge in [0.25, 0.3) is 0 Å². The Bertz CT molecular complexity index is 246. The molecule has 0 spiro atoms. The average Bonchev–Trinajstić information content (AvgIpc) is 2.43. The fourth-order valence-corrected chi connectivity index (χ4v) is 1.91. The summed E-state index contributed by atoms with van der Waals surface area (Å²) in [5.41, 5.74) is -0.241. The van der Waals surface area contributed by atoms with E-state index in [1.54, 1.807) is 7.11 Å². The van der Waals surface area contributed by atoms with Crippen LogP contribution in [0.3, 0.4) is 0 Å². The van der Waals surface area contributed by atoms with Crippen LogP contribution in [0.25, 0.3) is 0 Å². The van der Waals surface area contributed by atoms with Crippen molar-refractivity contribution < 1.29 is 18.9 Å². The Morgan fingerprint density at radius 2 is 1.67 bits per heavy atom. The number of methoxy groups -OCH3 is 1. The molecule has 5 heteroatoms. The van der Waals surface area contributed by atoms with E-state index in [4.69, 9.17) is 18.9 Å². The van der Waals surface area contributed by atoms with Gasteiger partial charge in [-0.05, 0) is 19.3 Å². The number of nitrogens with zero attached hydrogens (tertiary/aromatic N) is 1. The van der Waals surface area contributed by atoms with E-state index in [0.29, 0.717) is 46.2 Å². The topological polar surface area (TPSA) is 60.7 Å². The second-order valence-corrected chi connectivity index (χ2v) is 4.47. The van der Waals surface area contributed by atoms with E-state index in [1.165, 1.54) is 0 Å². The molecule has 0 amide bonds. The number of nitriles is 1. The Morgan fingerprint density at radius 3 is 2.28 bits per heavy atom.